The molecule has 0 saturated carbocycles. The molecule has 2 aromatic rings. The normalized spacial score (nSPS) is 10.2. The van der Waals surface area contributed by atoms with Gasteiger partial charge >= 0.3 is 5.97 Å². The van der Waals surface area contributed by atoms with Gasteiger partial charge in [-0.25, -0.2) is 9.78 Å². The molecule has 0 aliphatic carbocycles. The van der Waals surface area contributed by atoms with Crippen molar-refractivity contribution in [3.8, 4) is 0 Å². The lowest BCUT2D eigenvalue weighted by Crippen LogP contribution is -2.04. The molecule has 6 heteroatoms. The van der Waals surface area contributed by atoms with Gasteiger partial charge in [0.15, 0.2) is 15.2 Å². The first-order valence-corrected chi connectivity index (χ1v) is 6.92. The predicted octanol–water partition coefficient (Wildman–Crippen LogP) is 3.24. The molecule has 1 aromatic carbocycles. The van der Waals surface area contributed by atoms with Gasteiger partial charge in [0, 0.05) is 6.54 Å². The minimum absolute atomic E-state index is 0.180. The molecule has 100 valence electrons. The van der Waals surface area contributed by atoms with Crippen molar-refractivity contribution in [3.63, 3.8) is 0 Å². The Kier molecular flexibility index (Phi) is 4.76. The number of nitrogens with zero attached hydrogens (tertiary/aromatic N) is 1. The minimum Gasteiger partial charge on any atom is -0.465 e. The standard InChI is InChI=1S/C13H13ClN2O2S/c1-18-12(17)10-11(14)16-13(19-10)15-8-7-9-5-3-2-4-6-9/h2-6H,7-8H2,1H3,(H,15,16). The fourth-order valence-corrected chi connectivity index (χ4v) is 2.68. The van der Waals surface area contributed by atoms with E-state index >= 15 is 0 Å². The molecule has 4 nitrogen and oxygen atoms in total. The van der Waals surface area contributed by atoms with Crippen LogP contribution in [0.25, 0.3) is 0 Å². The summed E-state index contributed by atoms with van der Waals surface area (Å²) in [6.07, 6.45) is 0.881. The molecule has 0 spiro atoms. The second-order valence-corrected chi connectivity index (χ2v) is 5.15. The zero-order chi connectivity index (χ0) is 13.7. The zero-order valence-corrected chi connectivity index (χ0v) is 11.9. The van der Waals surface area contributed by atoms with Gasteiger partial charge in [-0.1, -0.05) is 53.3 Å². The second kappa shape index (κ2) is 6.54. The van der Waals surface area contributed by atoms with Gasteiger partial charge < -0.3 is 10.1 Å². The van der Waals surface area contributed by atoms with Gasteiger partial charge in [0.25, 0.3) is 0 Å². The quantitative estimate of drug-likeness (QED) is 0.861. The molecular formula is C13H13ClN2O2S. The number of anilines is 1. The summed E-state index contributed by atoms with van der Waals surface area (Å²) in [5.74, 6) is -0.460. The fourth-order valence-electron chi connectivity index (χ4n) is 1.55. The number of benzene rings is 1. The average Bonchev–Trinajstić information content (AvgIpc) is 2.80. The Morgan fingerprint density at radius 2 is 2.16 bits per heavy atom. The van der Waals surface area contributed by atoms with Gasteiger partial charge in [0.2, 0.25) is 0 Å². The van der Waals surface area contributed by atoms with E-state index in [1.54, 1.807) is 0 Å². The monoisotopic (exact) mass is 296 g/mol. The van der Waals surface area contributed by atoms with Crippen molar-refractivity contribution in [2.75, 3.05) is 19.0 Å². The maximum Gasteiger partial charge on any atom is 0.351 e. The van der Waals surface area contributed by atoms with E-state index in [0.29, 0.717) is 10.0 Å². The lowest BCUT2D eigenvalue weighted by Gasteiger charge is -2.02. The van der Waals surface area contributed by atoms with E-state index in [0.717, 1.165) is 13.0 Å². The zero-order valence-electron chi connectivity index (χ0n) is 10.4. The van der Waals surface area contributed by atoms with Crippen LogP contribution in [0.4, 0.5) is 5.13 Å². The van der Waals surface area contributed by atoms with E-state index in [-0.39, 0.29) is 5.15 Å². The summed E-state index contributed by atoms with van der Waals surface area (Å²) in [5.41, 5.74) is 1.24. The van der Waals surface area contributed by atoms with Crippen molar-refractivity contribution >= 4 is 34.0 Å². The highest BCUT2D eigenvalue weighted by molar-refractivity contribution is 7.18. The topological polar surface area (TPSA) is 51.2 Å². The Morgan fingerprint density at radius 3 is 2.84 bits per heavy atom. The number of carbonyl (C=O) groups is 1. The van der Waals surface area contributed by atoms with Crippen molar-refractivity contribution in [1.29, 1.82) is 0 Å². The summed E-state index contributed by atoms with van der Waals surface area (Å²) in [5, 5.41) is 3.95. The smallest absolute Gasteiger partial charge is 0.351 e. The number of ether oxygens (including phenoxy) is 1. The Balaban J connectivity index is 1.92. The van der Waals surface area contributed by atoms with Gasteiger partial charge in [0.1, 0.15) is 0 Å². The van der Waals surface area contributed by atoms with E-state index in [9.17, 15) is 4.79 Å². The summed E-state index contributed by atoms with van der Waals surface area (Å²) in [4.78, 5) is 15.8. The van der Waals surface area contributed by atoms with Crippen LogP contribution in [0.2, 0.25) is 5.15 Å². The molecule has 0 fully saturated rings. The number of thiazole rings is 1. The molecule has 0 atom stereocenters. The molecule has 0 radical (unpaired) electrons. The molecule has 0 bridgehead atoms. The maximum absolute atomic E-state index is 11.4. The summed E-state index contributed by atoms with van der Waals surface area (Å²) in [7, 11) is 1.32. The van der Waals surface area contributed by atoms with E-state index in [1.165, 1.54) is 24.0 Å². The number of nitrogens with one attached hydrogen (secondary N) is 1. The number of halogens is 1. The van der Waals surface area contributed by atoms with Crippen molar-refractivity contribution in [2.45, 2.75) is 6.42 Å². The van der Waals surface area contributed by atoms with Crippen molar-refractivity contribution in [2.24, 2.45) is 0 Å². The summed E-state index contributed by atoms with van der Waals surface area (Å²) >= 11 is 7.07. The molecule has 19 heavy (non-hydrogen) atoms. The third-order valence-corrected chi connectivity index (χ3v) is 3.87. The first-order valence-electron chi connectivity index (χ1n) is 5.73. The molecule has 0 unspecified atom stereocenters. The summed E-state index contributed by atoms with van der Waals surface area (Å²) in [6, 6.07) is 10.1. The largest absolute Gasteiger partial charge is 0.465 e. The predicted molar refractivity (Wildman–Crippen MR) is 77.1 cm³/mol. The molecule has 1 aromatic heterocycles. The molecule has 0 saturated heterocycles. The van der Waals surface area contributed by atoms with Crippen LogP contribution in [0, 0.1) is 0 Å². The highest BCUT2D eigenvalue weighted by Crippen LogP contribution is 2.27. The number of carbonyl (C=O) groups excluding carboxylic acids is 1. The Bertz CT molecular complexity index is 557. The Hall–Kier alpha value is -1.59. The van der Waals surface area contributed by atoms with E-state index in [4.69, 9.17) is 11.6 Å². The van der Waals surface area contributed by atoms with Gasteiger partial charge in [-0.15, -0.1) is 0 Å². The van der Waals surface area contributed by atoms with Crippen molar-refractivity contribution in [1.82, 2.24) is 4.98 Å². The molecule has 0 aliphatic rings. The van der Waals surface area contributed by atoms with Crippen LogP contribution in [0.1, 0.15) is 15.2 Å². The lowest BCUT2D eigenvalue weighted by molar-refractivity contribution is 0.0606. The van der Waals surface area contributed by atoms with Crippen LogP contribution in [0.15, 0.2) is 30.3 Å². The first-order chi connectivity index (χ1) is 9.20. The molecule has 1 heterocycles. The number of rotatable bonds is 5. The van der Waals surface area contributed by atoms with E-state index in [2.05, 4.69) is 27.2 Å². The summed E-state index contributed by atoms with van der Waals surface area (Å²) in [6.45, 7) is 0.731. The fraction of sp³-hybridized carbons (Fsp3) is 0.231. The third kappa shape index (κ3) is 3.68. The lowest BCUT2D eigenvalue weighted by atomic mass is 10.2. The molecule has 0 amide bonds. The minimum atomic E-state index is -0.460. The van der Waals surface area contributed by atoms with Crippen LogP contribution in [0.3, 0.4) is 0 Å². The van der Waals surface area contributed by atoms with Gasteiger partial charge in [-0.3, -0.25) is 0 Å². The number of esters is 1. The van der Waals surface area contributed by atoms with Crippen LogP contribution < -0.4 is 5.32 Å². The van der Waals surface area contributed by atoms with Gasteiger partial charge in [0.05, 0.1) is 7.11 Å². The van der Waals surface area contributed by atoms with Gasteiger partial charge in [-0.05, 0) is 12.0 Å². The Morgan fingerprint density at radius 1 is 1.42 bits per heavy atom. The number of hydrogen-bond donors (Lipinski definition) is 1. The maximum atomic E-state index is 11.4. The van der Waals surface area contributed by atoms with Crippen LogP contribution in [-0.4, -0.2) is 24.6 Å². The van der Waals surface area contributed by atoms with Crippen LogP contribution in [-0.2, 0) is 11.2 Å². The number of hydrogen-bond acceptors (Lipinski definition) is 5. The van der Waals surface area contributed by atoms with Crippen molar-refractivity contribution < 1.29 is 9.53 Å². The highest BCUT2D eigenvalue weighted by Gasteiger charge is 2.16. The summed E-state index contributed by atoms with van der Waals surface area (Å²) < 4.78 is 4.62. The molecule has 0 aliphatic heterocycles. The molecular weight excluding hydrogens is 284 g/mol. The Labute approximate surface area is 120 Å². The average molecular weight is 297 g/mol. The molecule has 2 rings (SSSR count). The third-order valence-electron chi connectivity index (χ3n) is 2.49. The van der Waals surface area contributed by atoms with E-state index < -0.39 is 5.97 Å². The SMILES string of the molecule is COC(=O)c1sc(NCCc2ccccc2)nc1Cl. The number of methoxy groups -OCH3 is 1. The van der Waals surface area contributed by atoms with E-state index in [1.807, 2.05) is 18.2 Å². The first kappa shape index (κ1) is 13.8. The van der Waals surface area contributed by atoms with Crippen LogP contribution >= 0.6 is 22.9 Å². The van der Waals surface area contributed by atoms with Gasteiger partial charge in [-0.2, -0.15) is 0 Å². The second-order valence-electron chi connectivity index (χ2n) is 3.79. The van der Waals surface area contributed by atoms with Crippen LogP contribution in [0.5, 0.6) is 0 Å². The highest BCUT2D eigenvalue weighted by atomic mass is 35.5. The molecule has 1 N–H and O–H groups in total. The number of aromatic nitrogens is 1. The van der Waals surface area contributed by atoms with Crippen molar-refractivity contribution in [3.05, 3.63) is 45.9 Å².